The molecule has 0 fully saturated rings. The minimum Gasteiger partial charge on any atom is -0.497 e. The van der Waals surface area contributed by atoms with Crippen molar-refractivity contribution in [1.82, 2.24) is 0 Å². The third-order valence-corrected chi connectivity index (χ3v) is 2.53. The third kappa shape index (κ3) is 2.64. The number of anilines is 1. The molecule has 0 atom stereocenters. The minimum atomic E-state index is -4.40. The Balaban J connectivity index is 3.35. The van der Waals surface area contributed by atoms with Gasteiger partial charge in [-0.25, -0.2) is 0 Å². The lowest BCUT2D eigenvalue weighted by molar-refractivity contribution is 0.412. The van der Waals surface area contributed by atoms with Crippen LogP contribution in [-0.2, 0) is 10.1 Å². The van der Waals surface area contributed by atoms with Crippen molar-refractivity contribution in [2.45, 2.75) is 4.90 Å². The first-order valence-electron chi connectivity index (χ1n) is 3.74. The fraction of sp³-hybridized carbons (Fsp3) is 0.143. The molecular weight excluding hydrogens is 222 g/mol. The summed E-state index contributed by atoms with van der Waals surface area (Å²) in [4.78, 5) is -0.431. The van der Waals surface area contributed by atoms with Gasteiger partial charge in [-0.2, -0.15) is 8.42 Å². The molecule has 0 spiro atoms. The highest BCUT2D eigenvalue weighted by atomic mass is 32.2. The van der Waals surface area contributed by atoms with E-state index in [0.29, 0.717) is 0 Å². The molecule has 0 aliphatic heterocycles. The summed E-state index contributed by atoms with van der Waals surface area (Å²) in [7, 11) is -3.05. The molecule has 82 valence electrons. The van der Waals surface area contributed by atoms with E-state index in [9.17, 15) is 8.42 Å². The number of hydrogen-bond acceptors (Lipinski definition) is 4. The van der Waals surface area contributed by atoms with Gasteiger partial charge in [-0.3, -0.25) is 9.78 Å². The zero-order chi connectivity index (χ0) is 11.5. The van der Waals surface area contributed by atoms with E-state index < -0.39 is 15.0 Å². The van der Waals surface area contributed by atoms with Crippen LogP contribution in [0, 0.1) is 0 Å². The van der Waals surface area contributed by atoms with Crippen molar-refractivity contribution in [1.29, 1.82) is 0 Å². The van der Waals surface area contributed by atoms with Gasteiger partial charge in [-0.1, -0.05) is 6.07 Å². The molecule has 0 bridgehead atoms. The van der Waals surface area contributed by atoms with E-state index in [0.717, 1.165) is 6.07 Å². The lowest BCUT2D eigenvalue weighted by Gasteiger charge is -2.11. The molecule has 0 radical (unpaired) electrons. The maximum Gasteiger partial charge on any atom is 0.294 e. The predicted octanol–water partition coefficient (Wildman–Crippen LogP) is 1.29. The Morgan fingerprint density at radius 2 is 2.20 bits per heavy atom. The Morgan fingerprint density at radius 1 is 1.53 bits per heavy atom. The molecule has 0 amide bonds. The van der Waals surface area contributed by atoms with Crippen LogP contribution in [0.15, 0.2) is 28.3 Å². The molecule has 0 saturated heterocycles. The average molecular weight is 230 g/mol. The van der Waals surface area contributed by atoms with E-state index >= 15 is 0 Å². The van der Waals surface area contributed by atoms with Crippen LogP contribution in [0.4, 0.5) is 5.69 Å². The monoisotopic (exact) mass is 230 g/mol. The molecule has 0 aromatic heterocycles. The first-order chi connectivity index (χ1) is 6.99. The Bertz CT molecular complexity index is 471. The van der Waals surface area contributed by atoms with E-state index in [4.69, 9.17) is 14.8 Å². The standard InChI is InChI=1S/C7H8N3O4S/c1-14-5-2-3-6(9-10-8)7(4-5)15(11,12)13/h2-4H,1H3,(H2-,8,9,11,12,13)/q-1. The van der Waals surface area contributed by atoms with Crippen molar-refractivity contribution in [3.63, 3.8) is 0 Å². The van der Waals surface area contributed by atoms with Gasteiger partial charge in [0, 0.05) is 6.07 Å². The smallest absolute Gasteiger partial charge is 0.294 e. The largest absolute Gasteiger partial charge is 0.497 e. The number of nitrogens with one attached hydrogen (secondary N) is 1. The molecule has 0 aliphatic rings. The molecule has 2 N–H and O–H groups in total. The molecular formula is C7H8N3O4S-. The summed E-state index contributed by atoms with van der Waals surface area (Å²) < 4.78 is 35.5. The van der Waals surface area contributed by atoms with E-state index in [2.05, 4.69) is 5.22 Å². The lowest BCUT2D eigenvalue weighted by Crippen LogP contribution is -2.03. The van der Waals surface area contributed by atoms with E-state index in [1.54, 1.807) is 0 Å². The second-order valence-electron chi connectivity index (χ2n) is 2.55. The van der Waals surface area contributed by atoms with Crippen LogP contribution in [0.1, 0.15) is 0 Å². The first-order valence-corrected chi connectivity index (χ1v) is 5.18. The van der Waals surface area contributed by atoms with Crippen molar-refractivity contribution >= 4 is 15.8 Å². The highest BCUT2D eigenvalue weighted by Crippen LogP contribution is 2.26. The van der Waals surface area contributed by atoms with E-state index in [1.807, 2.05) is 5.43 Å². The lowest BCUT2D eigenvalue weighted by atomic mass is 10.3. The maximum absolute atomic E-state index is 10.9. The molecule has 0 saturated carbocycles. The molecule has 0 unspecified atom stereocenters. The van der Waals surface area contributed by atoms with Gasteiger partial charge >= 0.3 is 0 Å². The van der Waals surface area contributed by atoms with Gasteiger partial charge in [-0.15, -0.1) is 0 Å². The summed E-state index contributed by atoms with van der Waals surface area (Å²) in [5.41, 5.74) is 10.2. The van der Waals surface area contributed by atoms with Gasteiger partial charge in [0.2, 0.25) is 0 Å². The second-order valence-corrected chi connectivity index (χ2v) is 3.94. The fourth-order valence-corrected chi connectivity index (χ4v) is 1.65. The van der Waals surface area contributed by atoms with Crippen molar-refractivity contribution in [3.05, 3.63) is 23.7 Å². The van der Waals surface area contributed by atoms with Gasteiger partial charge in [0.25, 0.3) is 10.1 Å². The van der Waals surface area contributed by atoms with Crippen LogP contribution in [-0.4, -0.2) is 20.1 Å². The highest BCUT2D eigenvalue weighted by Gasteiger charge is 2.14. The third-order valence-electron chi connectivity index (χ3n) is 1.64. The molecule has 7 nitrogen and oxygen atoms in total. The number of methoxy groups -OCH3 is 1. The topological polar surface area (TPSA) is 110 Å². The van der Waals surface area contributed by atoms with Gasteiger partial charge in [0.1, 0.15) is 10.6 Å². The fourth-order valence-electron chi connectivity index (χ4n) is 0.989. The van der Waals surface area contributed by atoms with Crippen LogP contribution in [0.5, 0.6) is 5.75 Å². The van der Waals surface area contributed by atoms with Crippen LogP contribution in [0.25, 0.3) is 5.53 Å². The van der Waals surface area contributed by atoms with Crippen molar-refractivity contribution in [3.8, 4) is 5.75 Å². The van der Waals surface area contributed by atoms with E-state index in [1.165, 1.54) is 19.2 Å². The van der Waals surface area contributed by atoms with Gasteiger partial charge in [0.15, 0.2) is 0 Å². The molecule has 8 heteroatoms. The molecule has 0 aliphatic carbocycles. The van der Waals surface area contributed by atoms with Gasteiger partial charge < -0.3 is 15.7 Å². The number of ether oxygens (including phenoxy) is 1. The zero-order valence-corrected chi connectivity index (χ0v) is 8.52. The zero-order valence-electron chi connectivity index (χ0n) is 7.71. The van der Waals surface area contributed by atoms with Crippen molar-refractivity contribution in [2.75, 3.05) is 12.5 Å². The summed E-state index contributed by atoms with van der Waals surface area (Å²) in [6.45, 7) is 0. The summed E-state index contributed by atoms with van der Waals surface area (Å²) in [6, 6.07) is 3.84. The molecule has 0 heterocycles. The molecule has 1 aromatic carbocycles. The first kappa shape index (κ1) is 11.4. The highest BCUT2D eigenvalue weighted by molar-refractivity contribution is 7.86. The molecule has 15 heavy (non-hydrogen) atoms. The normalized spacial score (nSPS) is 10.8. The number of nitrogens with zero attached hydrogens (tertiary/aromatic N) is 2. The Kier molecular flexibility index (Phi) is 3.22. The van der Waals surface area contributed by atoms with Crippen LogP contribution < -0.4 is 10.2 Å². The minimum absolute atomic E-state index is 0.0548. The number of hydrogen-bond donors (Lipinski definition) is 2. The van der Waals surface area contributed by atoms with Crippen LogP contribution in [0.2, 0.25) is 0 Å². The predicted molar refractivity (Wildman–Crippen MR) is 52.2 cm³/mol. The van der Waals surface area contributed by atoms with Gasteiger partial charge in [-0.05, 0) is 11.8 Å². The van der Waals surface area contributed by atoms with E-state index in [-0.39, 0.29) is 11.4 Å². The summed E-state index contributed by atoms with van der Waals surface area (Å²) >= 11 is 0. The second kappa shape index (κ2) is 4.24. The Morgan fingerprint density at radius 3 is 2.67 bits per heavy atom. The Hall–Kier alpha value is -1.67. The molecule has 1 rings (SSSR count). The quantitative estimate of drug-likeness (QED) is 0.460. The van der Waals surface area contributed by atoms with Crippen LogP contribution >= 0.6 is 0 Å². The SMILES string of the molecule is COc1ccc(NN=[N-])c(S(=O)(=O)O)c1. The maximum atomic E-state index is 10.9. The van der Waals surface area contributed by atoms with Gasteiger partial charge in [0.05, 0.1) is 7.11 Å². The van der Waals surface area contributed by atoms with Crippen LogP contribution in [0.3, 0.4) is 0 Å². The summed E-state index contributed by atoms with van der Waals surface area (Å²) in [6.07, 6.45) is 0. The molecule has 1 aromatic rings. The summed E-state index contributed by atoms with van der Waals surface area (Å²) in [5.74, 6) is 0.256. The number of rotatable bonds is 4. The van der Waals surface area contributed by atoms with Crippen molar-refractivity contribution in [2.24, 2.45) is 5.22 Å². The number of benzene rings is 1. The Labute approximate surface area is 86.3 Å². The summed E-state index contributed by atoms with van der Waals surface area (Å²) in [5, 5.41) is 2.57. The average Bonchev–Trinajstić information content (AvgIpc) is 2.17. The van der Waals surface area contributed by atoms with Crippen molar-refractivity contribution < 1.29 is 17.7 Å².